The topological polar surface area (TPSA) is 24.1 Å². The molecule has 0 fully saturated rings. The monoisotopic (exact) mass is 414 g/mol. The van der Waals surface area contributed by atoms with Crippen molar-refractivity contribution in [3.8, 4) is 0 Å². The normalized spacial score (nSPS) is 10.3. The SMILES string of the molecule is S=C(NCCSCc1ccccc1Cl)Nc1cccc(Br)c1. The van der Waals surface area contributed by atoms with Gasteiger partial charge in [0.25, 0.3) is 0 Å². The second-order valence-corrected chi connectivity index (χ2v) is 7.37. The summed E-state index contributed by atoms with van der Waals surface area (Å²) >= 11 is 16.7. The quantitative estimate of drug-likeness (QED) is 0.492. The molecule has 0 unspecified atom stereocenters. The van der Waals surface area contributed by atoms with E-state index in [9.17, 15) is 0 Å². The molecule has 0 aliphatic carbocycles. The fourth-order valence-electron chi connectivity index (χ4n) is 1.78. The van der Waals surface area contributed by atoms with Gasteiger partial charge in [-0.1, -0.05) is 51.8 Å². The zero-order chi connectivity index (χ0) is 15.8. The molecule has 2 rings (SSSR count). The second kappa shape index (κ2) is 9.40. The molecule has 0 aliphatic heterocycles. The van der Waals surface area contributed by atoms with Gasteiger partial charge < -0.3 is 10.6 Å². The van der Waals surface area contributed by atoms with Gasteiger partial charge in [-0.3, -0.25) is 0 Å². The minimum absolute atomic E-state index is 0.636. The third kappa shape index (κ3) is 6.16. The molecule has 0 heterocycles. The van der Waals surface area contributed by atoms with Crippen LogP contribution in [0.4, 0.5) is 5.69 Å². The van der Waals surface area contributed by atoms with E-state index in [4.69, 9.17) is 23.8 Å². The Labute approximate surface area is 154 Å². The van der Waals surface area contributed by atoms with E-state index in [0.29, 0.717) is 5.11 Å². The lowest BCUT2D eigenvalue weighted by Crippen LogP contribution is -2.30. The van der Waals surface area contributed by atoms with Gasteiger partial charge in [-0.15, -0.1) is 0 Å². The number of thioether (sulfide) groups is 1. The van der Waals surface area contributed by atoms with Crippen molar-refractivity contribution in [2.45, 2.75) is 5.75 Å². The molecular weight excluding hydrogens is 400 g/mol. The van der Waals surface area contributed by atoms with Gasteiger partial charge in [0.2, 0.25) is 0 Å². The Morgan fingerprint density at radius 2 is 2.00 bits per heavy atom. The number of halogens is 2. The van der Waals surface area contributed by atoms with E-state index in [0.717, 1.165) is 33.2 Å². The molecule has 0 radical (unpaired) electrons. The Hall–Kier alpha value is -0.750. The Morgan fingerprint density at radius 3 is 2.77 bits per heavy atom. The highest BCUT2D eigenvalue weighted by Crippen LogP contribution is 2.20. The number of anilines is 1. The molecular formula is C16H16BrClN2S2. The highest BCUT2D eigenvalue weighted by molar-refractivity contribution is 9.10. The average Bonchev–Trinajstić information content (AvgIpc) is 2.48. The van der Waals surface area contributed by atoms with Gasteiger partial charge in [-0.05, 0) is 42.0 Å². The Morgan fingerprint density at radius 1 is 1.18 bits per heavy atom. The molecule has 2 aromatic carbocycles. The third-order valence-electron chi connectivity index (χ3n) is 2.83. The van der Waals surface area contributed by atoms with Gasteiger partial charge >= 0.3 is 0 Å². The predicted octanol–water partition coefficient (Wildman–Crippen LogP) is 5.32. The van der Waals surface area contributed by atoms with Crippen LogP contribution in [0, 0.1) is 0 Å². The van der Waals surface area contributed by atoms with E-state index in [1.54, 1.807) is 0 Å². The summed E-state index contributed by atoms with van der Waals surface area (Å²) in [6.07, 6.45) is 0. The first kappa shape index (κ1) is 17.6. The minimum Gasteiger partial charge on any atom is -0.362 e. The van der Waals surface area contributed by atoms with Crippen molar-refractivity contribution in [1.82, 2.24) is 5.32 Å². The van der Waals surface area contributed by atoms with Crippen molar-refractivity contribution in [3.63, 3.8) is 0 Å². The Balaban J connectivity index is 1.64. The lowest BCUT2D eigenvalue weighted by Gasteiger charge is -2.10. The summed E-state index contributed by atoms with van der Waals surface area (Å²) in [7, 11) is 0. The van der Waals surface area contributed by atoms with Crippen LogP contribution in [0.25, 0.3) is 0 Å². The van der Waals surface area contributed by atoms with Crippen molar-refractivity contribution in [1.29, 1.82) is 0 Å². The number of hydrogen-bond donors (Lipinski definition) is 2. The van der Waals surface area contributed by atoms with Gasteiger partial charge in [0, 0.05) is 33.2 Å². The molecule has 0 saturated heterocycles. The number of hydrogen-bond acceptors (Lipinski definition) is 2. The number of nitrogens with one attached hydrogen (secondary N) is 2. The molecule has 0 amide bonds. The van der Waals surface area contributed by atoms with Crippen molar-refractivity contribution in [3.05, 3.63) is 63.6 Å². The summed E-state index contributed by atoms with van der Waals surface area (Å²) in [6.45, 7) is 0.814. The van der Waals surface area contributed by atoms with Gasteiger partial charge in [-0.25, -0.2) is 0 Å². The third-order valence-corrected chi connectivity index (χ3v) is 4.95. The summed E-state index contributed by atoms with van der Waals surface area (Å²) in [5.41, 5.74) is 2.14. The Bertz CT molecular complexity index is 637. The fourth-order valence-corrected chi connectivity index (χ4v) is 3.54. The molecule has 2 N–H and O–H groups in total. The Kier molecular flexibility index (Phi) is 7.52. The predicted molar refractivity (Wildman–Crippen MR) is 106 cm³/mol. The summed E-state index contributed by atoms with van der Waals surface area (Å²) in [5, 5.41) is 7.83. The van der Waals surface area contributed by atoms with Gasteiger partial charge in [-0.2, -0.15) is 11.8 Å². The zero-order valence-electron chi connectivity index (χ0n) is 11.8. The molecule has 0 aromatic heterocycles. The number of benzene rings is 2. The van der Waals surface area contributed by atoms with Crippen LogP contribution in [0.3, 0.4) is 0 Å². The smallest absolute Gasteiger partial charge is 0.170 e. The molecule has 0 spiro atoms. The first-order chi connectivity index (χ1) is 10.6. The van der Waals surface area contributed by atoms with Crippen LogP contribution in [0.2, 0.25) is 5.02 Å². The van der Waals surface area contributed by atoms with Crippen molar-refractivity contribution >= 4 is 62.3 Å². The van der Waals surface area contributed by atoms with E-state index in [-0.39, 0.29) is 0 Å². The van der Waals surface area contributed by atoms with Crippen molar-refractivity contribution in [2.75, 3.05) is 17.6 Å². The van der Waals surface area contributed by atoms with Crippen LogP contribution in [0.1, 0.15) is 5.56 Å². The van der Waals surface area contributed by atoms with Crippen LogP contribution in [-0.2, 0) is 5.75 Å². The van der Waals surface area contributed by atoms with Crippen LogP contribution >= 0.6 is 51.5 Å². The summed E-state index contributed by atoms with van der Waals surface area (Å²) in [5.74, 6) is 1.87. The largest absolute Gasteiger partial charge is 0.362 e. The standard InChI is InChI=1S/C16H16BrClN2S2/c17-13-5-3-6-14(10-13)20-16(21)19-8-9-22-11-12-4-1-2-7-15(12)18/h1-7,10H,8-9,11H2,(H2,19,20,21). The van der Waals surface area contributed by atoms with Crippen molar-refractivity contribution < 1.29 is 0 Å². The van der Waals surface area contributed by atoms with Crippen molar-refractivity contribution in [2.24, 2.45) is 0 Å². The van der Waals surface area contributed by atoms with Gasteiger partial charge in [0.1, 0.15) is 0 Å². The average molecular weight is 416 g/mol. The highest BCUT2D eigenvalue weighted by atomic mass is 79.9. The maximum Gasteiger partial charge on any atom is 0.170 e. The number of thiocarbonyl (C=S) groups is 1. The molecule has 0 atom stereocenters. The molecule has 0 aliphatic rings. The van der Waals surface area contributed by atoms with Crippen LogP contribution < -0.4 is 10.6 Å². The van der Waals surface area contributed by atoms with Gasteiger partial charge in [0.15, 0.2) is 5.11 Å². The molecule has 0 bridgehead atoms. The number of rotatable bonds is 6. The van der Waals surface area contributed by atoms with E-state index in [2.05, 4.69) is 32.6 Å². The molecule has 2 aromatic rings. The van der Waals surface area contributed by atoms with E-state index in [1.165, 1.54) is 5.56 Å². The molecule has 116 valence electrons. The first-order valence-electron chi connectivity index (χ1n) is 6.77. The molecule has 6 heteroatoms. The second-order valence-electron chi connectivity index (χ2n) is 4.54. The fraction of sp³-hybridized carbons (Fsp3) is 0.188. The molecule has 0 saturated carbocycles. The molecule has 2 nitrogen and oxygen atoms in total. The maximum absolute atomic E-state index is 6.13. The lowest BCUT2D eigenvalue weighted by atomic mass is 10.2. The summed E-state index contributed by atoms with van der Waals surface area (Å²) in [4.78, 5) is 0. The van der Waals surface area contributed by atoms with E-state index >= 15 is 0 Å². The first-order valence-corrected chi connectivity index (χ1v) is 9.50. The van der Waals surface area contributed by atoms with E-state index in [1.807, 2.05) is 54.2 Å². The maximum atomic E-state index is 6.13. The van der Waals surface area contributed by atoms with Gasteiger partial charge in [0.05, 0.1) is 0 Å². The van der Waals surface area contributed by atoms with E-state index < -0.39 is 0 Å². The molecule has 22 heavy (non-hydrogen) atoms. The van der Waals surface area contributed by atoms with Crippen LogP contribution in [-0.4, -0.2) is 17.4 Å². The lowest BCUT2D eigenvalue weighted by molar-refractivity contribution is 0.990. The summed E-state index contributed by atoms with van der Waals surface area (Å²) < 4.78 is 1.02. The zero-order valence-corrected chi connectivity index (χ0v) is 15.8. The highest BCUT2D eigenvalue weighted by Gasteiger charge is 2.00. The van der Waals surface area contributed by atoms with Crippen LogP contribution in [0.15, 0.2) is 53.0 Å². The van der Waals surface area contributed by atoms with Crippen LogP contribution in [0.5, 0.6) is 0 Å². The summed E-state index contributed by atoms with van der Waals surface area (Å²) in [6, 6.07) is 15.8. The minimum atomic E-state index is 0.636.